The molecule has 1 aromatic heterocycles. The smallest absolute Gasteiger partial charge is 0.249 e. The van der Waals surface area contributed by atoms with Gasteiger partial charge in [0.05, 0.1) is 0 Å². The lowest BCUT2D eigenvalue weighted by Gasteiger charge is -2.23. The fourth-order valence-electron chi connectivity index (χ4n) is 2.65. The molecule has 0 aliphatic heterocycles. The first-order valence-electron chi connectivity index (χ1n) is 8.89. The summed E-state index contributed by atoms with van der Waals surface area (Å²) in [5.41, 5.74) is 1.99. The van der Waals surface area contributed by atoms with Gasteiger partial charge in [-0.1, -0.05) is 70.0 Å². The van der Waals surface area contributed by atoms with Crippen LogP contribution in [0.15, 0.2) is 28.8 Å². The standard InChI is InChI=1S/C20H29N3O2/c1-7-14(3)17(21-16(24)12-20(4,5)6)19-22-18(23-25-19)15-10-8-9-13(2)11-15/h8-11,14,17H,7,12H2,1-6H3,(H,21,24)/t14-,17-/m0/s1. The molecule has 0 aliphatic rings. The molecule has 2 atom stereocenters. The van der Waals surface area contributed by atoms with Crippen LogP contribution < -0.4 is 5.32 Å². The Balaban J connectivity index is 2.23. The summed E-state index contributed by atoms with van der Waals surface area (Å²) >= 11 is 0. The van der Waals surface area contributed by atoms with Gasteiger partial charge in [0.25, 0.3) is 0 Å². The van der Waals surface area contributed by atoms with E-state index in [0.29, 0.717) is 18.1 Å². The molecule has 1 amide bonds. The molecule has 25 heavy (non-hydrogen) atoms. The first-order chi connectivity index (χ1) is 11.7. The fourth-order valence-corrected chi connectivity index (χ4v) is 2.65. The minimum atomic E-state index is -0.272. The maximum absolute atomic E-state index is 12.4. The zero-order valence-electron chi connectivity index (χ0n) is 16.1. The predicted molar refractivity (Wildman–Crippen MR) is 98.9 cm³/mol. The number of carbonyl (C=O) groups excluding carboxylic acids is 1. The number of nitrogens with one attached hydrogen (secondary N) is 1. The van der Waals surface area contributed by atoms with Gasteiger partial charge < -0.3 is 9.84 Å². The van der Waals surface area contributed by atoms with Gasteiger partial charge in [0.2, 0.25) is 17.6 Å². The highest BCUT2D eigenvalue weighted by Crippen LogP contribution is 2.27. The van der Waals surface area contributed by atoms with Crippen molar-refractivity contribution in [2.24, 2.45) is 11.3 Å². The van der Waals surface area contributed by atoms with Gasteiger partial charge in [-0.05, 0) is 24.3 Å². The summed E-state index contributed by atoms with van der Waals surface area (Å²) in [4.78, 5) is 16.9. The van der Waals surface area contributed by atoms with Crippen LogP contribution in [0.25, 0.3) is 11.4 Å². The van der Waals surface area contributed by atoms with Crippen molar-refractivity contribution in [1.82, 2.24) is 15.5 Å². The van der Waals surface area contributed by atoms with Crippen LogP contribution in [0.2, 0.25) is 0 Å². The van der Waals surface area contributed by atoms with Crippen LogP contribution in [0.5, 0.6) is 0 Å². The molecule has 2 rings (SSSR count). The Kier molecular flexibility index (Phi) is 5.98. The van der Waals surface area contributed by atoms with E-state index in [1.165, 1.54) is 0 Å². The molecule has 136 valence electrons. The molecule has 0 saturated carbocycles. The van der Waals surface area contributed by atoms with Gasteiger partial charge in [-0.2, -0.15) is 4.98 Å². The summed E-state index contributed by atoms with van der Waals surface area (Å²) in [6.45, 7) is 12.3. The van der Waals surface area contributed by atoms with Gasteiger partial charge in [0.15, 0.2) is 0 Å². The van der Waals surface area contributed by atoms with Crippen molar-refractivity contribution in [3.63, 3.8) is 0 Å². The number of rotatable bonds is 6. The second-order valence-corrected chi connectivity index (χ2v) is 7.99. The highest BCUT2D eigenvalue weighted by Gasteiger charge is 2.28. The van der Waals surface area contributed by atoms with Crippen LogP contribution in [0, 0.1) is 18.3 Å². The number of nitrogens with zero attached hydrogens (tertiary/aromatic N) is 2. The average molecular weight is 343 g/mol. The van der Waals surface area contributed by atoms with Crippen molar-refractivity contribution >= 4 is 5.91 Å². The van der Waals surface area contributed by atoms with E-state index < -0.39 is 0 Å². The molecule has 5 nitrogen and oxygen atoms in total. The monoisotopic (exact) mass is 343 g/mol. The lowest BCUT2D eigenvalue weighted by atomic mass is 9.91. The summed E-state index contributed by atoms with van der Waals surface area (Å²) in [7, 11) is 0. The quantitative estimate of drug-likeness (QED) is 0.826. The molecule has 1 aromatic carbocycles. The van der Waals surface area contributed by atoms with Crippen LogP contribution in [0.3, 0.4) is 0 Å². The molecule has 5 heteroatoms. The molecule has 2 aromatic rings. The minimum absolute atomic E-state index is 0.00751. The zero-order chi connectivity index (χ0) is 18.6. The normalized spacial score (nSPS) is 14.2. The Morgan fingerprint density at radius 2 is 2.04 bits per heavy atom. The summed E-state index contributed by atoms with van der Waals surface area (Å²) in [6.07, 6.45) is 1.36. The molecule has 0 spiro atoms. The van der Waals surface area contributed by atoms with E-state index in [-0.39, 0.29) is 23.3 Å². The van der Waals surface area contributed by atoms with E-state index in [2.05, 4.69) is 29.3 Å². The van der Waals surface area contributed by atoms with E-state index in [9.17, 15) is 4.79 Å². The van der Waals surface area contributed by atoms with Crippen LogP contribution in [0.1, 0.15) is 65.0 Å². The lowest BCUT2D eigenvalue weighted by molar-refractivity contribution is -0.124. The Morgan fingerprint density at radius 3 is 2.64 bits per heavy atom. The van der Waals surface area contributed by atoms with Gasteiger partial charge in [-0.3, -0.25) is 4.79 Å². The maximum Gasteiger partial charge on any atom is 0.249 e. The van der Waals surface area contributed by atoms with Crippen LogP contribution >= 0.6 is 0 Å². The third-order valence-electron chi connectivity index (χ3n) is 4.20. The first kappa shape index (κ1) is 19.2. The van der Waals surface area contributed by atoms with Gasteiger partial charge >= 0.3 is 0 Å². The third kappa shape index (κ3) is 5.41. The largest absolute Gasteiger partial charge is 0.344 e. The average Bonchev–Trinajstić information content (AvgIpc) is 3.00. The number of carbonyl (C=O) groups is 1. The molecule has 1 N–H and O–H groups in total. The number of benzene rings is 1. The van der Waals surface area contributed by atoms with Crippen LogP contribution in [-0.2, 0) is 4.79 Å². The van der Waals surface area contributed by atoms with E-state index >= 15 is 0 Å². The van der Waals surface area contributed by atoms with Gasteiger partial charge in [0, 0.05) is 12.0 Å². The molecular formula is C20H29N3O2. The first-order valence-corrected chi connectivity index (χ1v) is 8.89. The van der Waals surface area contributed by atoms with Crippen molar-refractivity contribution in [3.05, 3.63) is 35.7 Å². The Labute approximate surface area is 150 Å². The third-order valence-corrected chi connectivity index (χ3v) is 4.20. The van der Waals surface area contributed by atoms with Crippen LogP contribution in [-0.4, -0.2) is 16.0 Å². The number of aryl methyl sites for hydroxylation is 1. The number of aromatic nitrogens is 2. The van der Waals surface area contributed by atoms with Crippen molar-refractivity contribution in [2.45, 2.75) is 60.4 Å². The number of hydrogen-bond donors (Lipinski definition) is 1. The zero-order valence-corrected chi connectivity index (χ0v) is 16.1. The fraction of sp³-hybridized carbons (Fsp3) is 0.550. The second kappa shape index (κ2) is 7.81. The highest BCUT2D eigenvalue weighted by atomic mass is 16.5. The Morgan fingerprint density at radius 1 is 1.32 bits per heavy atom. The highest BCUT2D eigenvalue weighted by molar-refractivity contribution is 5.77. The lowest BCUT2D eigenvalue weighted by Crippen LogP contribution is -2.34. The van der Waals surface area contributed by atoms with Gasteiger partial charge in [0.1, 0.15) is 6.04 Å². The summed E-state index contributed by atoms with van der Waals surface area (Å²) < 4.78 is 5.50. The van der Waals surface area contributed by atoms with E-state index in [1.807, 2.05) is 52.0 Å². The van der Waals surface area contributed by atoms with Crippen LogP contribution in [0.4, 0.5) is 0 Å². The Bertz CT molecular complexity index is 716. The topological polar surface area (TPSA) is 68.0 Å². The molecule has 0 radical (unpaired) electrons. The molecule has 0 aliphatic carbocycles. The minimum Gasteiger partial charge on any atom is -0.344 e. The van der Waals surface area contributed by atoms with Crippen molar-refractivity contribution in [2.75, 3.05) is 0 Å². The molecule has 0 bridgehead atoms. The van der Waals surface area contributed by atoms with Crippen molar-refractivity contribution < 1.29 is 9.32 Å². The summed E-state index contributed by atoms with van der Waals surface area (Å²) in [5, 5.41) is 7.19. The molecule has 0 fully saturated rings. The van der Waals surface area contributed by atoms with E-state index in [1.54, 1.807) is 0 Å². The van der Waals surface area contributed by atoms with Gasteiger partial charge in [-0.15, -0.1) is 0 Å². The van der Waals surface area contributed by atoms with Gasteiger partial charge in [-0.25, -0.2) is 0 Å². The number of hydrogen-bond acceptors (Lipinski definition) is 4. The summed E-state index contributed by atoms with van der Waals surface area (Å²) in [5.74, 6) is 1.23. The maximum atomic E-state index is 12.4. The second-order valence-electron chi connectivity index (χ2n) is 7.99. The SMILES string of the molecule is CC[C@H](C)[C@H](NC(=O)CC(C)(C)C)c1nc(-c2cccc(C)c2)no1. The molecule has 0 saturated heterocycles. The molecule has 1 heterocycles. The summed E-state index contributed by atoms with van der Waals surface area (Å²) in [6, 6.07) is 7.70. The van der Waals surface area contributed by atoms with E-state index in [4.69, 9.17) is 4.52 Å². The Hall–Kier alpha value is -2.17. The molecule has 0 unspecified atom stereocenters. The predicted octanol–water partition coefficient (Wildman–Crippen LogP) is 4.68. The van der Waals surface area contributed by atoms with E-state index in [0.717, 1.165) is 17.5 Å². The van der Waals surface area contributed by atoms with Crippen molar-refractivity contribution in [3.8, 4) is 11.4 Å². The number of amides is 1. The van der Waals surface area contributed by atoms with Crippen molar-refractivity contribution in [1.29, 1.82) is 0 Å². The molecular weight excluding hydrogens is 314 g/mol.